The summed E-state index contributed by atoms with van der Waals surface area (Å²) < 4.78 is 1.03. The second-order valence-electron chi connectivity index (χ2n) is 6.64. The minimum atomic E-state index is -0.220. The topological polar surface area (TPSA) is 79.3 Å². The van der Waals surface area contributed by atoms with Crippen molar-refractivity contribution in [2.45, 2.75) is 19.8 Å². The molecule has 27 heavy (non-hydrogen) atoms. The number of aromatic nitrogens is 1. The number of aliphatic hydroxyl groups excluding tert-OH is 1. The van der Waals surface area contributed by atoms with Crippen LogP contribution in [0.1, 0.15) is 18.4 Å². The van der Waals surface area contributed by atoms with E-state index in [2.05, 4.69) is 28.5 Å². The van der Waals surface area contributed by atoms with E-state index in [0.29, 0.717) is 0 Å². The van der Waals surface area contributed by atoms with Crippen LogP contribution in [0.5, 0.6) is 0 Å². The number of hydrogen-bond acceptors (Lipinski definition) is 5. The Morgan fingerprint density at radius 1 is 1.15 bits per heavy atom. The fourth-order valence-electron chi connectivity index (χ4n) is 2.78. The van der Waals surface area contributed by atoms with Crippen molar-refractivity contribution in [2.75, 3.05) is 13.2 Å². The number of nitrogens with zero attached hydrogens (tertiary/aromatic N) is 1. The highest BCUT2D eigenvalue weighted by molar-refractivity contribution is 7.18. The molecule has 1 aromatic heterocycles. The van der Waals surface area contributed by atoms with E-state index in [1.165, 1.54) is 11.3 Å². The van der Waals surface area contributed by atoms with Crippen LogP contribution in [0.15, 0.2) is 48.5 Å². The van der Waals surface area contributed by atoms with E-state index in [1.54, 1.807) is 6.92 Å². The maximum absolute atomic E-state index is 12.1. The van der Waals surface area contributed by atoms with Crippen LogP contribution >= 0.6 is 11.3 Å². The number of thiazole rings is 1. The third-order valence-corrected chi connectivity index (χ3v) is 5.24. The predicted octanol–water partition coefficient (Wildman–Crippen LogP) is 3.21. The molecule has 2 aromatic carbocycles. The van der Waals surface area contributed by atoms with Crippen molar-refractivity contribution in [1.82, 2.24) is 10.3 Å². The van der Waals surface area contributed by atoms with E-state index in [9.17, 15) is 9.59 Å². The molecule has 0 aliphatic heterocycles. The molecule has 5 nitrogen and oxygen atoms in total. The first-order chi connectivity index (χ1) is 13.0. The van der Waals surface area contributed by atoms with E-state index in [4.69, 9.17) is 5.11 Å². The van der Waals surface area contributed by atoms with Gasteiger partial charge in [-0.25, -0.2) is 4.98 Å². The molecule has 1 atom stereocenters. The quantitative estimate of drug-likeness (QED) is 0.627. The lowest BCUT2D eigenvalue weighted by molar-refractivity contribution is -0.125. The third-order valence-electron chi connectivity index (χ3n) is 4.22. The van der Waals surface area contributed by atoms with Crippen LogP contribution in [-0.2, 0) is 16.0 Å². The number of ketones is 1. The van der Waals surface area contributed by atoms with Crippen molar-refractivity contribution in [3.8, 4) is 11.1 Å². The Kier molecular flexibility index (Phi) is 6.32. The average molecular weight is 382 g/mol. The fourth-order valence-corrected chi connectivity index (χ4v) is 3.79. The Labute approximate surface area is 162 Å². The molecule has 6 heteroatoms. The van der Waals surface area contributed by atoms with Gasteiger partial charge in [-0.1, -0.05) is 43.3 Å². The van der Waals surface area contributed by atoms with Crippen LogP contribution in [-0.4, -0.2) is 34.9 Å². The van der Waals surface area contributed by atoms with E-state index >= 15 is 0 Å². The first-order valence-corrected chi connectivity index (χ1v) is 9.71. The van der Waals surface area contributed by atoms with Crippen molar-refractivity contribution in [1.29, 1.82) is 0 Å². The minimum Gasteiger partial charge on any atom is -0.396 e. The molecule has 2 N–H and O–H groups in total. The zero-order valence-corrected chi connectivity index (χ0v) is 16.0. The van der Waals surface area contributed by atoms with Gasteiger partial charge in [-0.05, 0) is 29.2 Å². The van der Waals surface area contributed by atoms with E-state index in [1.807, 2.05) is 30.3 Å². The molecule has 0 aliphatic carbocycles. The Morgan fingerprint density at radius 3 is 2.67 bits per heavy atom. The van der Waals surface area contributed by atoms with E-state index < -0.39 is 0 Å². The molecule has 0 saturated carbocycles. The summed E-state index contributed by atoms with van der Waals surface area (Å²) >= 11 is 1.49. The van der Waals surface area contributed by atoms with Crippen LogP contribution in [0.25, 0.3) is 21.3 Å². The Morgan fingerprint density at radius 2 is 1.93 bits per heavy atom. The lowest BCUT2D eigenvalue weighted by Crippen LogP contribution is -2.31. The van der Waals surface area contributed by atoms with E-state index in [0.717, 1.165) is 26.4 Å². The van der Waals surface area contributed by atoms with Crippen LogP contribution in [0.3, 0.4) is 0 Å². The zero-order chi connectivity index (χ0) is 19.2. The summed E-state index contributed by atoms with van der Waals surface area (Å²) in [6.07, 6.45) is 0.420. The van der Waals surface area contributed by atoms with Crippen LogP contribution < -0.4 is 5.32 Å². The molecule has 1 heterocycles. The molecule has 1 amide bonds. The van der Waals surface area contributed by atoms with Crippen molar-refractivity contribution in [2.24, 2.45) is 5.92 Å². The molecule has 0 bridgehead atoms. The largest absolute Gasteiger partial charge is 0.396 e. The van der Waals surface area contributed by atoms with Crippen LogP contribution in [0, 0.1) is 5.92 Å². The summed E-state index contributed by atoms with van der Waals surface area (Å²) in [5, 5.41) is 12.3. The number of nitrogens with one attached hydrogen (secondary N) is 1. The van der Waals surface area contributed by atoms with Gasteiger partial charge < -0.3 is 10.4 Å². The molecule has 1 unspecified atom stereocenters. The van der Waals surface area contributed by atoms with Gasteiger partial charge in [-0.3, -0.25) is 9.59 Å². The first kappa shape index (κ1) is 19.2. The van der Waals surface area contributed by atoms with Crippen molar-refractivity contribution in [3.63, 3.8) is 0 Å². The monoisotopic (exact) mass is 382 g/mol. The Balaban J connectivity index is 1.62. The summed E-state index contributed by atoms with van der Waals surface area (Å²) in [7, 11) is 0. The highest BCUT2D eigenvalue weighted by atomic mass is 32.1. The number of hydrogen-bond donors (Lipinski definition) is 2. The molecule has 3 aromatic rings. The van der Waals surface area contributed by atoms with Crippen molar-refractivity contribution < 1.29 is 14.7 Å². The third kappa shape index (κ3) is 5.21. The number of aliphatic hydroxyl groups is 1. The number of carbonyl (C=O) groups excluding carboxylic acids is 2. The normalized spacial score (nSPS) is 12.1. The molecule has 0 aliphatic rings. The summed E-state index contributed by atoms with van der Waals surface area (Å²) in [5.74, 6) is -0.387. The fraction of sp³-hybridized carbons (Fsp3) is 0.286. The molecular formula is C21H22N2O3S. The Bertz CT molecular complexity index is 937. The maximum atomic E-state index is 12.1. The predicted molar refractivity (Wildman–Crippen MR) is 108 cm³/mol. The second-order valence-corrected chi connectivity index (χ2v) is 7.76. The number of carbonyl (C=O) groups is 2. The summed E-state index contributed by atoms with van der Waals surface area (Å²) in [6, 6.07) is 16.2. The summed E-state index contributed by atoms with van der Waals surface area (Å²) in [4.78, 5) is 28.4. The Hall–Kier alpha value is -2.57. The van der Waals surface area contributed by atoms with Crippen molar-refractivity contribution in [3.05, 3.63) is 53.5 Å². The molecule has 0 saturated heterocycles. The van der Waals surface area contributed by atoms with Gasteiger partial charge in [0.25, 0.3) is 0 Å². The first-order valence-electron chi connectivity index (χ1n) is 8.89. The molecule has 3 rings (SSSR count). The van der Waals surface area contributed by atoms with Crippen LogP contribution in [0.4, 0.5) is 0 Å². The van der Waals surface area contributed by atoms with Gasteiger partial charge in [0.2, 0.25) is 5.91 Å². The van der Waals surface area contributed by atoms with Gasteiger partial charge in [0.05, 0.1) is 23.2 Å². The van der Waals surface area contributed by atoms with Gasteiger partial charge >= 0.3 is 0 Å². The number of benzene rings is 2. The number of Topliss-reactive ketones (excluding diaryl/α,β-unsaturated/α-hetero) is 1. The highest BCUT2D eigenvalue weighted by Gasteiger charge is 2.13. The van der Waals surface area contributed by atoms with E-state index in [-0.39, 0.29) is 43.6 Å². The molecular weight excluding hydrogens is 360 g/mol. The SMILES string of the molecule is CC(CO)CC(=O)CNC(=O)Cc1nc2ccc(-c3ccccc3)cc2s1. The number of fused-ring (bicyclic) bond motifs is 1. The van der Waals surface area contributed by atoms with Gasteiger partial charge in [-0.2, -0.15) is 0 Å². The zero-order valence-electron chi connectivity index (χ0n) is 15.1. The molecule has 0 radical (unpaired) electrons. The van der Waals surface area contributed by atoms with Gasteiger partial charge in [0, 0.05) is 13.0 Å². The summed E-state index contributed by atoms with van der Waals surface area (Å²) in [6.45, 7) is 1.76. The molecule has 0 spiro atoms. The van der Waals surface area contributed by atoms with Gasteiger partial charge in [-0.15, -0.1) is 11.3 Å². The molecule has 140 valence electrons. The number of rotatable bonds is 8. The minimum absolute atomic E-state index is 0.00771. The van der Waals surface area contributed by atoms with Crippen LogP contribution in [0.2, 0.25) is 0 Å². The maximum Gasteiger partial charge on any atom is 0.227 e. The lowest BCUT2D eigenvalue weighted by Gasteiger charge is -2.07. The second kappa shape index (κ2) is 8.88. The summed E-state index contributed by atoms with van der Waals surface area (Å²) in [5.41, 5.74) is 3.13. The standard InChI is InChI=1S/C21H22N2O3S/c1-14(13-24)9-17(25)12-22-20(26)11-21-23-18-8-7-16(10-19(18)27-21)15-5-3-2-4-6-15/h2-8,10,14,24H,9,11-13H2,1H3,(H,22,26). The average Bonchev–Trinajstić information content (AvgIpc) is 3.08. The smallest absolute Gasteiger partial charge is 0.227 e. The van der Waals surface area contributed by atoms with Gasteiger partial charge in [0.15, 0.2) is 5.78 Å². The van der Waals surface area contributed by atoms with Gasteiger partial charge in [0.1, 0.15) is 5.01 Å². The molecule has 0 fully saturated rings. The lowest BCUT2D eigenvalue weighted by atomic mass is 10.1. The number of amides is 1. The van der Waals surface area contributed by atoms with Crippen molar-refractivity contribution >= 4 is 33.2 Å². The highest BCUT2D eigenvalue weighted by Crippen LogP contribution is 2.28.